The quantitative estimate of drug-likeness (QED) is 0.143. The van der Waals surface area contributed by atoms with Crippen LogP contribution in [-0.4, -0.2) is 38.9 Å². The van der Waals surface area contributed by atoms with Crippen molar-refractivity contribution < 1.29 is 23.8 Å². The molecule has 0 radical (unpaired) electrons. The summed E-state index contributed by atoms with van der Waals surface area (Å²) in [4.78, 5) is 23.4. The van der Waals surface area contributed by atoms with Gasteiger partial charge in [0.25, 0.3) is 0 Å². The highest BCUT2D eigenvalue weighted by molar-refractivity contribution is 5.69. The van der Waals surface area contributed by atoms with Crippen LogP contribution < -0.4 is 0 Å². The summed E-state index contributed by atoms with van der Waals surface area (Å²) in [5, 5.41) is 0. The maximum Gasteiger partial charge on any atom is 0.305 e. The summed E-state index contributed by atoms with van der Waals surface area (Å²) in [7, 11) is 1.68. The Hall–Kier alpha value is -1.10. The molecule has 1 atom stereocenters. The molecule has 0 amide bonds. The Morgan fingerprint density at radius 2 is 1.17 bits per heavy atom. The highest BCUT2D eigenvalue weighted by Crippen LogP contribution is 2.11. The van der Waals surface area contributed by atoms with Gasteiger partial charge in [-0.15, -0.1) is 0 Å². The Kier molecular flexibility index (Phi) is 21.8. The molecule has 5 nitrogen and oxygen atoms in total. The van der Waals surface area contributed by atoms with Crippen molar-refractivity contribution >= 4 is 11.9 Å². The van der Waals surface area contributed by atoms with Crippen molar-refractivity contribution in [3.05, 3.63) is 0 Å². The van der Waals surface area contributed by atoms with Crippen LogP contribution in [-0.2, 0) is 23.8 Å². The van der Waals surface area contributed by atoms with Crippen molar-refractivity contribution in [2.24, 2.45) is 5.92 Å². The molecule has 0 N–H and O–H groups in total. The van der Waals surface area contributed by atoms with Gasteiger partial charge in [-0.25, -0.2) is 0 Å². The maximum absolute atomic E-state index is 11.7. The first-order chi connectivity index (χ1) is 14.6. The Morgan fingerprint density at radius 1 is 0.667 bits per heavy atom. The van der Waals surface area contributed by atoms with E-state index in [0.717, 1.165) is 57.8 Å². The van der Waals surface area contributed by atoms with Crippen LogP contribution in [0.3, 0.4) is 0 Å². The number of hydrogen-bond acceptors (Lipinski definition) is 5. The van der Waals surface area contributed by atoms with E-state index in [0.29, 0.717) is 38.6 Å². The summed E-state index contributed by atoms with van der Waals surface area (Å²) >= 11 is 0. The van der Waals surface area contributed by atoms with Gasteiger partial charge in [0.15, 0.2) is 0 Å². The lowest BCUT2D eigenvalue weighted by atomic mass is 10.1. The maximum atomic E-state index is 11.7. The molecular weight excluding hydrogens is 380 g/mol. The molecule has 0 aromatic rings. The van der Waals surface area contributed by atoms with Gasteiger partial charge in [-0.3, -0.25) is 9.59 Å². The highest BCUT2D eigenvalue weighted by Gasteiger charge is 2.07. The molecule has 0 heterocycles. The highest BCUT2D eigenvalue weighted by atomic mass is 16.5. The van der Waals surface area contributed by atoms with Gasteiger partial charge >= 0.3 is 11.9 Å². The SMILES string of the molecule is CCCCCCCCCOC(=O)CCCCCCCCC(=O)OCC(C)CCOC. The number of carbonyl (C=O) groups is 2. The number of esters is 2. The first kappa shape index (κ1) is 28.9. The van der Waals surface area contributed by atoms with Crippen molar-refractivity contribution in [1.82, 2.24) is 0 Å². The van der Waals surface area contributed by atoms with E-state index in [-0.39, 0.29) is 11.9 Å². The first-order valence-electron chi connectivity index (χ1n) is 12.4. The van der Waals surface area contributed by atoms with Crippen LogP contribution in [0.25, 0.3) is 0 Å². The fraction of sp³-hybridized carbons (Fsp3) is 0.920. The lowest BCUT2D eigenvalue weighted by Gasteiger charge is -2.11. The summed E-state index contributed by atoms with van der Waals surface area (Å²) in [6, 6.07) is 0. The smallest absolute Gasteiger partial charge is 0.305 e. The molecule has 0 saturated heterocycles. The lowest BCUT2D eigenvalue weighted by molar-refractivity contribution is -0.145. The van der Waals surface area contributed by atoms with Crippen LogP contribution in [0.1, 0.15) is 117 Å². The second-order valence-electron chi connectivity index (χ2n) is 8.53. The minimum absolute atomic E-state index is 0.0524. The van der Waals surface area contributed by atoms with Gasteiger partial charge in [0, 0.05) is 26.6 Å². The molecule has 0 rings (SSSR count). The van der Waals surface area contributed by atoms with Gasteiger partial charge in [0.2, 0.25) is 0 Å². The van der Waals surface area contributed by atoms with E-state index in [1.54, 1.807) is 7.11 Å². The number of rotatable bonds is 22. The van der Waals surface area contributed by atoms with Crippen LogP contribution in [0.5, 0.6) is 0 Å². The summed E-state index contributed by atoms with van der Waals surface area (Å²) in [6.45, 7) is 6.06. The van der Waals surface area contributed by atoms with E-state index >= 15 is 0 Å². The van der Waals surface area contributed by atoms with E-state index in [4.69, 9.17) is 14.2 Å². The van der Waals surface area contributed by atoms with Crippen molar-refractivity contribution in [3.63, 3.8) is 0 Å². The molecule has 5 heteroatoms. The summed E-state index contributed by atoms with van der Waals surface area (Å²) in [5.74, 6) is 0.197. The van der Waals surface area contributed by atoms with Gasteiger partial charge < -0.3 is 14.2 Å². The lowest BCUT2D eigenvalue weighted by Crippen LogP contribution is -2.13. The zero-order valence-corrected chi connectivity index (χ0v) is 20.1. The van der Waals surface area contributed by atoms with E-state index in [1.165, 1.54) is 32.1 Å². The number of hydrogen-bond donors (Lipinski definition) is 0. The molecule has 0 aliphatic carbocycles. The third-order valence-electron chi connectivity index (χ3n) is 5.37. The Morgan fingerprint density at radius 3 is 1.73 bits per heavy atom. The largest absolute Gasteiger partial charge is 0.466 e. The van der Waals surface area contributed by atoms with Gasteiger partial charge in [-0.1, -0.05) is 78.1 Å². The number of carbonyl (C=O) groups excluding carboxylic acids is 2. The minimum Gasteiger partial charge on any atom is -0.466 e. The van der Waals surface area contributed by atoms with Gasteiger partial charge in [0.1, 0.15) is 0 Å². The van der Waals surface area contributed by atoms with Gasteiger partial charge in [0.05, 0.1) is 13.2 Å². The molecule has 0 aromatic heterocycles. The van der Waals surface area contributed by atoms with Crippen LogP contribution in [0.2, 0.25) is 0 Å². The molecule has 0 aliphatic heterocycles. The fourth-order valence-electron chi connectivity index (χ4n) is 3.27. The predicted octanol–water partition coefficient (Wildman–Crippen LogP) is 6.62. The Bertz CT molecular complexity index is 397. The van der Waals surface area contributed by atoms with Crippen molar-refractivity contribution in [3.8, 4) is 0 Å². The fourth-order valence-corrected chi connectivity index (χ4v) is 3.27. The third kappa shape index (κ3) is 21.6. The summed E-state index contributed by atoms with van der Waals surface area (Å²) in [6.07, 6.45) is 16.7. The van der Waals surface area contributed by atoms with E-state index in [1.807, 2.05) is 0 Å². The second-order valence-corrected chi connectivity index (χ2v) is 8.53. The average molecular weight is 429 g/mol. The molecule has 0 bridgehead atoms. The molecular formula is C25H48O5. The van der Waals surface area contributed by atoms with Crippen molar-refractivity contribution in [2.45, 2.75) is 117 Å². The molecule has 178 valence electrons. The summed E-state index contributed by atoms with van der Waals surface area (Å²) in [5.41, 5.74) is 0. The van der Waals surface area contributed by atoms with Crippen LogP contribution in [0, 0.1) is 5.92 Å². The normalized spacial score (nSPS) is 12.0. The predicted molar refractivity (Wildman–Crippen MR) is 123 cm³/mol. The molecule has 0 saturated carbocycles. The molecule has 1 unspecified atom stereocenters. The summed E-state index contributed by atoms with van der Waals surface area (Å²) < 4.78 is 15.6. The van der Waals surface area contributed by atoms with E-state index in [2.05, 4.69) is 13.8 Å². The van der Waals surface area contributed by atoms with E-state index < -0.39 is 0 Å². The molecule has 0 spiro atoms. The zero-order chi connectivity index (χ0) is 22.3. The second kappa shape index (κ2) is 22.6. The van der Waals surface area contributed by atoms with E-state index in [9.17, 15) is 9.59 Å². The molecule has 30 heavy (non-hydrogen) atoms. The molecule has 0 aromatic carbocycles. The van der Waals surface area contributed by atoms with Crippen molar-refractivity contribution in [1.29, 1.82) is 0 Å². The van der Waals surface area contributed by atoms with Gasteiger partial charge in [-0.05, 0) is 31.6 Å². The molecule has 0 aliphatic rings. The Labute approximate surface area is 185 Å². The third-order valence-corrected chi connectivity index (χ3v) is 5.37. The van der Waals surface area contributed by atoms with Crippen LogP contribution in [0.4, 0.5) is 0 Å². The first-order valence-corrected chi connectivity index (χ1v) is 12.4. The topological polar surface area (TPSA) is 61.8 Å². The van der Waals surface area contributed by atoms with Gasteiger partial charge in [-0.2, -0.15) is 0 Å². The zero-order valence-electron chi connectivity index (χ0n) is 20.1. The number of unbranched alkanes of at least 4 members (excludes halogenated alkanes) is 11. The minimum atomic E-state index is -0.0945. The number of methoxy groups -OCH3 is 1. The monoisotopic (exact) mass is 428 g/mol. The Balaban J connectivity index is 3.32. The molecule has 0 fully saturated rings. The van der Waals surface area contributed by atoms with Crippen LogP contribution in [0.15, 0.2) is 0 Å². The van der Waals surface area contributed by atoms with Crippen molar-refractivity contribution in [2.75, 3.05) is 26.9 Å². The van der Waals surface area contributed by atoms with Crippen LogP contribution >= 0.6 is 0 Å². The average Bonchev–Trinajstić information content (AvgIpc) is 2.74. The standard InChI is InChI=1S/C25H48O5/c1-4-5-6-7-10-13-16-20-29-24(26)17-14-11-8-9-12-15-18-25(27)30-22-23(2)19-21-28-3/h23H,4-22H2,1-3H3. The number of ether oxygens (including phenoxy) is 3.